The first-order valence-electron chi connectivity index (χ1n) is 5.17. The number of rotatable bonds is 4. The average Bonchev–Trinajstić information content (AvgIpc) is 2.36. The highest BCUT2D eigenvalue weighted by molar-refractivity contribution is 7.89. The van der Waals surface area contributed by atoms with E-state index in [1.807, 2.05) is 4.89 Å². The highest BCUT2D eigenvalue weighted by Crippen LogP contribution is 2.32. The van der Waals surface area contributed by atoms with Gasteiger partial charge in [-0.1, -0.05) is 4.89 Å². The fourth-order valence-electron chi connectivity index (χ4n) is 1.38. The zero-order valence-electron chi connectivity index (χ0n) is 9.30. The van der Waals surface area contributed by atoms with Gasteiger partial charge in [0.05, 0.1) is 11.5 Å². The minimum atomic E-state index is -3.66. The Morgan fingerprint density at radius 2 is 2.00 bits per heavy atom. The molecule has 0 amide bonds. The monoisotopic (exact) mass is 259 g/mol. The second kappa shape index (κ2) is 4.91. The smallest absolute Gasteiger partial charge is 0.262 e. The minimum Gasteiger partial charge on any atom is -0.486 e. The lowest BCUT2D eigenvalue weighted by atomic mass is 10.3. The Morgan fingerprint density at radius 1 is 1.29 bits per heavy atom. The van der Waals surface area contributed by atoms with Crippen LogP contribution in [0.5, 0.6) is 11.5 Å². The predicted octanol–water partition coefficient (Wildman–Crippen LogP) is 0.688. The van der Waals surface area contributed by atoms with E-state index in [1.165, 1.54) is 12.1 Å². The van der Waals surface area contributed by atoms with Crippen molar-refractivity contribution in [1.29, 1.82) is 0 Å². The van der Waals surface area contributed by atoms with Gasteiger partial charge in [0.2, 0.25) is 0 Å². The molecule has 1 heterocycles. The number of ether oxygens (including phenoxy) is 2. The molecule has 2 rings (SSSR count). The van der Waals surface area contributed by atoms with Crippen LogP contribution < -0.4 is 14.4 Å². The molecule has 0 spiro atoms. The van der Waals surface area contributed by atoms with E-state index in [-0.39, 0.29) is 11.5 Å². The summed E-state index contributed by atoms with van der Waals surface area (Å²) in [6, 6.07) is 4.42. The molecule has 94 valence electrons. The van der Waals surface area contributed by atoms with Gasteiger partial charge in [0, 0.05) is 6.07 Å². The van der Waals surface area contributed by atoms with Gasteiger partial charge < -0.3 is 9.47 Å². The Balaban J connectivity index is 2.27. The topological polar surface area (TPSA) is 73.9 Å². The molecule has 0 atom stereocenters. The molecule has 1 aromatic carbocycles. The Hall–Kier alpha value is -1.31. The summed E-state index contributed by atoms with van der Waals surface area (Å²) in [5.41, 5.74) is 0. The highest BCUT2D eigenvalue weighted by Gasteiger charge is 2.19. The normalized spacial score (nSPS) is 14.6. The van der Waals surface area contributed by atoms with Gasteiger partial charge in [-0.15, -0.1) is 0 Å². The van der Waals surface area contributed by atoms with Crippen molar-refractivity contribution in [2.45, 2.75) is 11.8 Å². The maximum absolute atomic E-state index is 11.7. The summed E-state index contributed by atoms with van der Waals surface area (Å²) in [5, 5.41) is 0. The molecule has 17 heavy (non-hydrogen) atoms. The zero-order chi connectivity index (χ0) is 12.3. The predicted molar refractivity (Wildman–Crippen MR) is 59.4 cm³/mol. The molecular weight excluding hydrogens is 246 g/mol. The van der Waals surface area contributed by atoms with Crippen LogP contribution in [0.15, 0.2) is 23.1 Å². The number of nitrogens with one attached hydrogen (secondary N) is 1. The zero-order valence-corrected chi connectivity index (χ0v) is 10.1. The molecule has 1 aromatic rings. The summed E-state index contributed by atoms with van der Waals surface area (Å²) in [5.74, 6) is 0.974. The van der Waals surface area contributed by atoms with E-state index in [0.29, 0.717) is 24.7 Å². The summed E-state index contributed by atoms with van der Waals surface area (Å²) in [7, 11) is -3.66. The number of hydrogen-bond donors (Lipinski definition) is 1. The molecule has 0 aromatic heterocycles. The van der Waals surface area contributed by atoms with Crippen molar-refractivity contribution in [2.75, 3.05) is 19.8 Å². The molecule has 0 unspecified atom stereocenters. The third-order valence-electron chi connectivity index (χ3n) is 2.14. The highest BCUT2D eigenvalue weighted by atomic mass is 32.2. The molecule has 0 radical (unpaired) electrons. The van der Waals surface area contributed by atoms with Crippen LogP contribution in [0.2, 0.25) is 0 Å². The fourth-order valence-corrected chi connectivity index (χ4v) is 2.25. The maximum atomic E-state index is 11.7. The van der Waals surface area contributed by atoms with Crippen molar-refractivity contribution < 1.29 is 22.7 Å². The van der Waals surface area contributed by atoms with Gasteiger partial charge in [-0.25, -0.2) is 8.42 Å². The molecule has 0 aliphatic carbocycles. The summed E-state index contributed by atoms with van der Waals surface area (Å²) in [4.78, 5) is 6.77. The lowest BCUT2D eigenvalue weighted by Crippen LogP contribution is -2.24. The van der Waals surface area contributed by atoms with Crippen molar-refractivity contribution in [2.24, 2.45) is 0 Å². The Morgan fingerprint density at radius 3 is 2.71 bits per heavy atom. The Kier molecular flexibility index (Phi) is 3.51. The molecular formula is C10H13NO5S. The van der Waals surface area contributed by atoms with E-state index >= 15 is 0 Å². The number of hydrogen-bond acceptors (Lipinski definition) is 5. The van der Waals surface area contributed by atoms with Crippen LogP contribution in [0.4, 0.5) is 0 Å². The number of fused-ring (bicyclic) bond motifs is 1. The average molecular weight is 259 g/mol. The standard InChI is InChI=1S/C10H13NO5S/c1-2-16-11-17(12,13)8-3-4-9-10(7-8)15-6-5-14-9/h3-4,7,11H,2,5-6H2,1H3. The third-order valence-corrected chi connectivity index (χ3v) is 3.35. The van der Waals surface area contributed by atoms with Gasteiger partial charge in [-0.2, -0.15) is 0 Å². The first-order valence-corrected chi connectivity index (χ1v) is 6.65. The Bertz CT molecular complexity index is 499. The first kappa shape index (κ1) is 12.2. The van der Waals surface area contributed by atoms with Gasteiger partial charge in [0.25, 0.3) is 10.0 Å². The van der Waals surface area contributed by atoms with Gasteiger partial charge in [0.1, 0.15) is 13.2 Å². The molecule has 0 fully saturated rings. The van der Waals surface area contributed by atoms with Gasteiger partial charge >= 0.3 is 0 Å². The van der Waals surface area contributed by atoms with Crippen molar-refractivity contribution >= 4 is 10.0 Å². The molecule has 0 bridgehead atoms. The maximum Gasteiger partial charge on any atom is 0.262 e. The summed E-state index contributed by atoms with van der Waals surface area (Å²) in [6.45, 7) is 2.82. The van der Waals surface area contributed by atoms with E-state index in [4.69, 9.17) is 9.47 Å². The van der Waals surface area contributed by atoms with Crippen molar-refractivity contribution in [3.8, 4) is 11.5 Å². The van der Waals surface area contributed by atoms with E-state index < -0.39 is 10.0 Å². The minimum absolute atomic E-state index is 0.0789. The lowest BCUT2D eigenvalue weighted by molar-refractivity contribution is 0.105. The van der Waals surface area contributed by atoms with Crippen molar-refractivity contribution in [3.05, 3.63) is 18.2 Å². The molecule has 0 saturated heterocycles. The molecule has 0 saturated carbocycles. The third kappa shape index (κ3) is 2.68. The van der Waals surface area contributed by atoms with Gasteiger partial charge in [0.15, 0.2) is 11.5 Å². The van der Waals surface area contributed by atoms with E-state index in [9.17, 15) is 8.42 Å². The van der Waals surface area contributed by atoms with Gasteiger partial charge in [-0.05, 0) is 19.1 Å². The SMILES string of the molecule is CCONS(=O)(=O)c1ccc2c(c1)OCCO2. The van der Waals surface area contributed by atoms with Crippen LogP contribution >= 0.6 is 0 Å². The van der Waals surface area contributed by atoms with Gasteiger partial charge in [-0.3, -0.25) is 4.84 Å². The van der Waals surface area contributed by atoms with Crippen molar-refractivity contribution in [3.63, 3.8) is 0 Å². The molecule has 1 aliphatic heterocycles. The van der Waals surface area contributed by atoms with Crippen LogP contribution in [0.3, 0.4) is 0 Å². The second-order valence-corrected chi connectivity index (χ2v) is 4.97. The van der Waals surface area contributed by atoms with E-state index in [0.717, 1.165) is 0 Å². The molecule has 1 N–H and O–H groups in total. The second-order valence-electron chi connectivity index (χ2n) is 3.33. The van der Waals surface area contributed by atoms with Crippen molar-refractivity contribution in [1.82, 2.24) is 4.89 Å². The Labute approximate surface area is 99.5 Å². The largest absolute Gasteiger partial charge is 0.486 e. The van der Waals surface area contributed by atoms with Crippen LogP contribution in [-0.4, -0.2) is 28.2 Å². The summed E-state index contributed by atoms with van der Waals surface area (Å²) in [6.07, 6.45) is 0. The number of sulfonamides is 1. The molecule has 6 nitrogen and oxygen atoms in total. The quantitative estimate of drug-likeness (QED) is 0.805. The van der Waals surface area contributed by atoms with Crippen LogP contribution in [0.1, 0.15) is 6.92 Å². The molecule has 1 aliphatic rings. The lowest BCUT2D eigenvalue weighted by Gasteiger charge is -2.18. The summed E-state index contributed by atoms with van der Waals surface area (Å²) < 4.78 is 34.1. The fraction of sp³-hybridized carbons (Fsp3) is 0.400. The van der Waals surface area contributed by atoms with E-state index in [1.54, 1.807) is 13.0 Å². The van der Waals surface area contributed by atoms with Crippen LogP contribution in [-0.2, 0) is 14.9 Å². The van der Waals surface area contributed by atoms with Crippen LogP contribution in [0.25, 0.3) is 0 Å². The van der Waals surface area contributed by atoms with Crippen LogP contribution in [0, 0.1) is 0 Å². The number of benzene rings is 1. The summed E-state index contributed by atoms with van der Waals surface area (Å²) >= 11 is 0. The molecule has 7 heteroatoms. The van der Waals surface area contributed by atoms with E-state index in [2.05, 4.69) is 4.84 Å². The first-order chi connectivity index (χ1) is 8.13.